The van der Waals surface area contributed by atoms with Crippen LogP contribution in [-0.4, -0.2) is 47.2 Å². The molecule has 5 heteroatoms. The second-order valence-corrected chi connectivity index (χ2v) is 7.40. The van der Waals surface area contributed by atoms with Crippen LogP contribution < -0.4 is 5.32 Å². The Morgan fingerprint density at radius 1 is 1.41 bits per heavy atom. The molecule has 2 N–H and O–H groups in total. The van der Waals surface area contributed by atoms with Crippen molar-refractivity contribution in [2.75, 3.05) is 26.2 Å². The predicted molar refractivity (Wildman–Crippen MR) is 87.0 cm³/mol. The zero-order valence-electron chi connectivity index (χ0n) is 14.0. The minimum absolute atomic E-state index is 0.0514. The van der Waals surface area contributed by atoms with Crippen molar-refractivity contribution in [3.63, 3.8) is 0 Å². The number of H-pyrrole nitrogens is 1. The molecule has 22 heavy (non-hydrogen) atoms. The van der Waals surface area contributed by atoms with E-state index in [0.29, 0.717) is 17.8 Å². The molecule has 0 aromatic carbocycles. The van der Waals surface area contributed by atoms with E-state index < -0.39 is 0 Å². The van der Waals surface area contributed by atoms with Crippen LogP contribution in [0.4, 0.5) is 0 Å². The molecule has 122 valence electrons. The first-order valence-electron chi connectivity index (χ1n) is 8.60. The van der Waals surface area contributed by atoms with E-state index in [1.807, 2.05) is 6.92 Å². The summed E-state index contributed by atoms with van der Waals surface area (Å²) in [6.45, 7) is 10.7. The maximum atomic E-state index is 12.5. The minimum Gasteiger partial charge on any atom is -0.352 e. The van der Waals surface area contributed by atoms with Crippen molar-refractivity contribution < 1.29 is 4.79 Å². The molecule has 0 spiro atoms. The van der Waals surface area contributed by atoms with Crippen molar-refractivity contribution in [1.29, 1.82) is 0 Å². The number of amides is 1. The van der Waals surface area contributed by atoms with Crippen molar-refractivity contribution in [1.82, 2.24) is 20.4 Å². The third-order valence-electron chi connectivity index (χ3n) is 4.71. The molecular formula is C17H28N4O. The molecule has 2 aliphatic rings. The molecule has 5 nitrogen and oxygen atoms in total. The molecule has 1 unspecified atom stereocenters. The van der Waals surface area contributed by atoms with Gasteiger partial charge in [-0.3, -0.25) is 9.89 Å². The Morgan fingerprint density at radius 3 is 2.86 bits per heavy atom. The van der Waals surface area contributed by atoms with Crippen LogP contribution in [0.15, 0.2) is 0 Å². The number of carbonyl (C=O) groups excluding carboxylic acids is 1. The maximum Gasteiger partial charge on any atom is 0.255 e. The highest BCUT2D eigenvalue weighted by molar-refractivity contribution is 5.96. The fraction of sp³-hybridized carbons (Fsp3) is 0.765. The SMILES string of the molecule is Cc1[nH]nc(C2CC2)c1C(=O)NCC1CCN(CC(C)C)C1. The van der Waals surface area contributed by atoms with Crippen LogP contribution in [0.5, 0.6) is 0 Å². The smallest absolute Gasteiger partial charge is 0.255 e. The maximum absolute atomic E-state index is 12.5. The second-order valence-electron chi connectivity index (χ2n) is 7.40. The molecular weight excluding hydrogens is 276 g/mol. The summed E-state index contributed by atoms with van der Waals surface area (Å²) in [4.78, 5) is 15.0. The van der Waals surface area contributed by atoms with E-state index in [2.05, 4.69) is 34.3 Å². The Morgan fingerprint density at radius 2 is 2.18 bits per heavy atom. The molecule has 1 aromatic rings. The molecule has 3 rings (SSSR count). The highest BCUT2D eigenvalue weighted by Crippen LogP contribution is 2.41. The van der Waals surface area contributed by atoms with Gasteiger partial charge >= 0.3 is 0 Å². The van der Waals surface area contributed by atoms with Crippen LogP contribution in [0.3, 0.4) is 0 Å². The van der Waals surface area contributed by atoms with Gasteiger partial charge in [-0.15, -0.1) is 0 Å². The lowest BCUT2D eigenvalue weighted by atomic mass is 10.1. The average molecular weight is 304 g/mol. The minimum atomic E-state index is 0.0514. The van der Waals surface area contributed by atoms with Crippen LogP contribution >= 0.6 is 0 Å². The van der Waals surface area contributed by atoms with Crippen molar-refractivity contribution in [3.05, 3.63) is 17.0 Å². The van der Waals surface area contributed by atoms with Gasteiger partial charge in [-0.25, -0.2) is 0 Å². The molecule has 1 aliphatic heterocycles. The van der Waals surface area contributed by atoms with Crippen LogP contribution in [0.1, 0.15) is 60.8 Å². The van der Waals surface area contributed by atoms with Gasteiger partial charge in [0.1, 0.15) is 0 Å². The molecule has 1 saturated carbocycles. The highest BCUT2D eigenvalue weighted by Gasteiger charge is 2.32. The molecule has 0 radical (unpaired) electrons. The first-order chi connectivity index (χ1) is 10.5. The Balaban J connectivity index is 1.52. The number of aromatic nitrogens is 2. The number of likely N-dealkylation sites (tertiary alicyclic amines) is 1. The number of aromatic amines is 1. The Kier molecular flexibility index (Phi) is 4.52. The zero-order chi connectivity index (χ0) is 15.7. The molecule has 0 bridgehead atoms. The van der Waals surface area contributed by atoms with Crippen molar-refractivity contribution in [2.24, 2.45) is 11.8 Å². The summed E-state index contributed by atoms with van der Waals surface area (Å²) < 4.78 is 0. The van der Waals surface area contributed by atoms with Crippen LogP contribution in [0.2, 0.25) is 0 Å². The monoisotopic (exact) mass is 304 g/mol. The molecule has 1 aliphatic carbocycles. The van der Waals surface area contributed by atoms with Crippen molar-refractivity contribution >= 4 is 5.91 Å². The summed E-state index contributed by atoms with van der Waals surface area (Å²) >= 11 is 0. The number of aryl methyl sites for hydroxylation is 1. The lowest BCUT2D eigenvalue weighted by Crippen LogP contribution is -2.32. The third kappa shape index (κ3) is 3.51. The predicted octanol–water partition coefficient (Wildman–Crippen LogP) is 2.30. The lowest BCUT2D eigenvalue weighted by molar-refractivity contribution is 0.0945. The Bertz CT molecular complexity index is 533. The summed E-state index contributed by atoms with van der Waals surface area (Å²) in [7, 11) is 0. The van der Waals surface area contributed by atoms with Crippen molar-refractivity contribution in [2.45, 2.75) is 46.0 Å². The van der Waals surface area contributed by atoms with Gasteiger partial charge in [-0.2, -0.15) is 5.10 Å². The molecule has 1 saturated heterocycles. The first kappa shape index (κ1) is 15.5. The number of rotatable bonds is 6. The van der Waals surface area contributed by atoms with E-state index in [1.165, 1.54) is 6.42 Å². The number of nitrogens with one attached hydrogen (secondary N) is 2. The lowest BCUT2D eigenvalue weighted by Gasteiger charge is -2.18. The summed E-state index contributed by atoms with van der Waals surface area (Å²) in [5, 5.41) is 10.4. The standard InChI is InChI=1S/C17H28N4O/c1-11(2)9-21-7-6-13(10-21)8-18-17(22)15-12(3)19-20-16(15)14-4-5-14/h11,13-14H,4-10H2,1-3H3,(H,18,22)(H,19,20). The van der Waals surface area contributed by atoms with Crippen molar-refractivity contribution in [3.8, 4) is 0 Å². The summed E-state index contributed by atoms with van der Waals surface area (Å²) in [5.74, 6) is 1.84. The Labute approximate surface area is 132 Å². The van der Waals surface area contributed by atoms with Crippen LogP contribution in [-0.2, 0) is 0 Å². The number of nitrogens with zero attached hydrogens (tertiary/aromatic N) is 2. The molecule has 1 atom stereocenters. The average Bonchev–Trinajstić information content (AvgIpc) is 3.09. The number of hydrogen-bond acceptors (Lipinski definition) is 3. The van der Waals surface area contributed by atoms with Gasteiger partial charge in [0.15, 0.2) is 0 Å². The Hall–Kier alpha value is -1.36. The van der Waals surface area contributed by atoms with Gasteiger partial charge < -0.3 is 10.2 Å². The summed E-state index contributed by atoms with van der Waals surface area (Å²) in [6.07, 6.45) is 3.52. The van der Waals surface area contributed by atoms with Crippen LogP contribution in [0, 0.1) is 18.8 Å². The highest BCUT2D eigenvalue weighted by atomic mass is 16.1. The van der Waals surface area contributed by atoms with E-state index in [4.69, 9.17) is 0 Å². The van der Waals surface area contributed by atoms with Crippen LogP contribution in [0.25, 0.3) is 0 Å². The normalized spacial score (nSPS) is 22.5. The molecule has 1 aromatic heterocycles. The third-order valence-corrected chi connectivity index (χ3v) is 4.71. The first-order valence-corrected chi connectivity index (χ1v) is 8.60. The second kappa shape index (κ2) is 6.41. The van der Waals surface area contributed by atoms with Gasteiger partial charge in [-0.05, 0) is 44.6 Å². The molecule has 2 heterocycles. The van der Waals surface area contributed by atoms with Gasteiger partial charge in [0.2, 0.25) is 0 Å². The van der Waals surface area contributed by atoms with Gasteiger partial charge in [0.05, 0.1) is 11.3 Å². The van der Waals surface area contributed by atoms with E-state index in [1.54, 1.807) is 0 Å². The zero-order valence-corrected chi connectivity index (χ0v) is 14.0. The van der Waals surface area contributed by atoms with E-state index in [0.717, 1.165) is 56.0 Å². The quantitative estimate of drug-likeness (QED) is 0.848. The van der Waals surface area contributed by atoms with Gasteiger partial charge in [0.25, 0.3) is 5.91 Å². The summed E-state index contributed by atoms with van der Waals surface area (Å²) in [5.41, 5.74) is 2.66. The number of hydrogen-bond donors (Lipinski definition) is 2. The fourth-order valence-electron chi connectivity index (χ4n) is 3.47. The largest absolute Gasteiger partial charge is 0.352 e. The molecule has 2 fully saturated rings. The number of carbonyl (C=O) groups is 1. The molecule has 1 amide bonds. The van der Waals surface area contributed by atoms with E-state index >= 15 is 0 Å². The van der Waals surface area contributed by atoms with Gasteiger partial charge in [-0.1, -0.05) is 13.8 Å². The fourth-order valence-corrected chi connectivity index (χ4v) is 3.47. The van der Waals surface area contributed by atoms with E-state index in [-0.39, 0.29) is 5.91 Å². The summed E-state index contributed by atoms with van der Waals surface area (Å²) in [6, 6.07) is 0. The van der Waals surface area contributed by atoms with E-state index in [9.17, 15) is 4.79 Å². The van der Waals surface area contributed by atoms with Gasteiger partial charge in [0, 0.05) is 31.2 Å². The topological polar surface area (TPSA) is 61.0 Å².